The molecular weight excluding hydrogens is 563 g/mol. The Morgan fingerprint density at radius 1 is 1.00 bits per heavy atom. The second kappa shape index (κ2) is 11.4. The Balaban J connectivity index is 1.33. The number of anilines is 1. The third-order valence-corrected chi connectivity index (χ3v) is 9.64. The van der Waals surface area contributed by atoms with Crippen LogP contribution in [0.5, 0.6) is 0 Å². The number of carbonyl (C=O) groups is 1. The van der Waals surface area contributed by atoms with E-state index in [4.69, 9.17) is 17.5 Å². The first-order valence-electron chi connectivity index (χ1n) is 12.8. The number of nitriles is 1. The molecule has 2 aromatic carbocycles. The standard InChI is InChI=1S/C27H30F3N5O3S2/c1-26(2)24(36)35(21-11-10-20(19-31)23(18-21)27(28,29)30)25(39)34(26)13-7-6-12-32-14-16-33(17-15-32)40(37,38)22-8-4-3-5-9-22/h3-5,8-11,18H,6-7,12-17H2,1-2H3. The molecule has 40 heavy (non-hydrogen) atoms. The summed E-state index contributed by atoms with van der Waals surface area (Å²) in [5.41, 5.74) is -2.72. The van der Waals surface area contributed by atoms with Gasteiger partial charge in [-0.25, -0.2) is 8.42 Å². The van der Waals surface area contributed by atoms with Gasteiger partial charge in [0.2, 0.25) is 10.0 Å². The van der Waals surface area contributed by atoms with Crippen molar-refractivity contribution in [2.75, 3.05) is 44.2 Å². The van der Waals surface area contributed by atoms with E-state index in [1.165, 1.54) is 10.4 Å². The van der Waals surface area contributed by atoms with Crippen molar-refractivity contribution >= 4 is 38.9 Å². The average molecular weight is 594 g/mol. The summed E-state index contributed by atoms with van der Waals surface area (Å²) in [4.78, 5) is 18.6. The number of halogens is 3. The van der Waals surface area contributed by atoms with Crippen LogP contribution in [0.25, 0.3) is 0 Å². The van der Waals surface area contributed by atoms with Crippen molar-refractivity contribution in [3.8, 4) is 6.07 Å². The van der Waals surface area contributed by atoms with E-state index in [2.05, 4.69) is 4.90 Å². The van der Waals surface area contributed by atoms with E-state index in [-0.39, 0.29) is 15.7 Å². The first kappa shape index (κ1) is 29.9. The van der Waals surface area contributed by atoms with Gasteiger partial charge in [0.25, 0.3) is 5.91 Å². The number of nitrogens with zero attached hydrogens (tertiary/aromatic N) is 5. The maximum Gasteiger partial charge on any atom is 0.417 e. The van der Waals surface area contributed by atoms with E-state index in [1.54, 1.807) is 55.1 Å². The molecule has 2 saturated heterocycles. The quantitative estimate of drug-likeness (QED) is 0.337. The van der Waals surface area contributed by atoms with Gasteiger partial charge in [-0.2, -0.15) is 22.7 Å². The van der Waals surface area contributed by atoms with Gasteiger partial charge in [0.1, 0.15) is 5.54 Å². The summed E-state index contributed by atoms with van der Waals surface area (Å²) in [6.07, 6.45) is -3.31. The van der Waals surface area contributed by atoms with E-state index < -0.39 is 38.8 Å². The summed E-state index contributed by atoms with van der Waals surface area (Å²) in [5, 5.41) is 9.20. The first-order chi connectivity index (χ1) is 18.8. The fourth-order valence-electron chi connectivity index (χ4n) is 4.98. The Hall–Kier alpha value is -3.05. The number of piperazine rings is 1. The van der Waals surface area contributed by atoms with Crippen LogP contribution >= 0.6 is 12.2 Å². The third kappa shape index (κ3) is 5.85. The van der Waals surface area contributed by atoms with E-state index in [1.807, 2.05) is 0 Å². The van der Waals surface area contributed by atoms with Crippen molar-refractivity contribution in [2.45, 2.75) is 43.3 Å². The summed E-state index contributed by atoms with van der Waals surface area (Å²) in [5.74, 6) is -0.439. The molecule has 2 aliphatic rings. The number of benzene rings is 2. The largest absolute Gasteiger partial charge is 0.417 e. The van der Waals surface area contributed by atoms with E-state index in [9.17, 15) is 26.4 Å². The number of sulfonamides is 1. The zero-order chi connectivity index (χ0) is 29.3. The molecule has 13 heteroatoms. The molecule has 8 nitrogen and oxygen atoms in total. The number of carbonyl (C=O) groups excluding carboxylic acids is 1. The molecule has 2 aromatic rings. The summed E-state index contributed by atoms with van der Waals surface area (Å²) in [6.45, 7) is 6.53. The summed E-state index contributed by atoms with van der Waals surface area (Å²) in [7, 11) is -3.52. The van der Waals surface area contributed by atoms with Gasteiger partial charge in [-0.1, -0.05) is 18.2 Å². The van der Waals surface area contributed by atoms with Gasteiger partial charge in [-0.15, -0.1) is 0 Å². The zero-order valence-corrected chi connectivity index (χ0v) is 23.8. The molecule has 0 N–H and O–H groups in total. The number of alkyl halides is 3. The van der Waals surface area contributed by atoms with Crippen molar-refractivity contribution in [3.05, 3.63) is 59.7 Å². The molecule has 0 radical (unpaired) electrons. The van der Waals surface area contributed by atoms with E-state index >= 15 is 0 Å². The van der Waals surface area contributed by atoms with Crippen LogP contribution in [0, 0.1) is 11.3 Å². The highest BCUT2D eigenvalue weighted by Crippen LogP contribution is 2.38. The SMILES string of the molecule is CC1(C)C(=O)N(c2ccc(C#N)c(C(F)(F)F)c2)C(=S)N1CCCCN1CCN(S(=O)(=O)c2ccccc2)CC1. The molecule has 0 aromatic heterocycles. The molecule has 1 amide bonds. The Bertz CT molecular complexity index is 1420. The Kier molecular flexibility index (Phi) is 8.56. The van der Waals surface area contributed by atoms with Gasteiger partial charge >= 0.3 is 6.18 Å². The highest BCUT2D eigenvalue weighted by Gasteiger charge is 2.49. The molecule has 0 bridgehead atoms. The first-order valence-corrected chi connectivity index (χ1v) is 14.7. The molecule has 2 fully saturated rings. The smallest absolute Gasteiger partial charge is 0.334 e. The van der Waals surface area contributed by atoms with Crippen LogP contribution in [-0.4, -0.2) is 78.3 Å². The van der Waals surface area contributed by atoms with Crippen LogP contribution < -0.4 is 4.90 Å². The van der Waals surface area contributed by atoms with Gasteiger partial charge in [0, 0.05) is 32.7 Å². The molecule has 2 heterocycles. The maximum absolute atomic E-state index is 13.5. The number of unbranched alkanes of at least 4 members (excludes halogenated alkanes) is 1. The highest BCUT2D eigenvalue weighted by molar-refractivity contribution is 7.89. The molecule has 0 atom stereocenters. The van der Waals surface area contributed by atoms with Gasteiger partial charge in [-0.3, -0.25) is 9.69 Å². The second-order valence-electron chi connectivity index (χ2n) is 10.2. The van der Waals surface area contributed by atoms with E-state index in [0.717, 1.165) is 30.0 Å². The van der Waals surface area contributed by atoms with Gasteiger partial charge < -0.3 is 9.80 Å². The molecule has 0 aliphatic carbocycles. The lowest BCUT2D eigenvalue weighted by Gasteiger charge is -2.34. The fourth-order valence-corrected chi connectivity index (χ4v) is 6.93. The molecule has 4 rings (SSSR count). The number of hydrogen-bond acceptors (Lipinski definition) is 6. The van der Waals surface area contributed by atoms with Crippen molar-refractivity contribution in [2.24, 2.45) is 0 Å². The minimum absolute atomic E-state index is 0.0276. The van der Waals surface area contributed by atoms with Crippen molar-refractivity contribution in [1.29, 1.82) is 5.26 Å². The minimum atomic E-state index is -4.75. The van der Waals surface area contributed by atoms with Gasteiger partial charge in [0.15, 0.2) is 5.11 Å². The molecule has 0 spiro atoms. The molecule has 0 unspecified atom stereocenters. The second-order valence-corrected chi connectivity index (χ2v) is 12.5. The lowest BCUT2D eigenvalue weighted by Crippen LogP contribution is -2.48. The Labute approximate surface area is 237 Å². The van der Waals surface area contributed by atoms with Crippen LogP contribution in [-0.2, 0) is 21.0 Å². The fraction of sp³-hybridized carbons (Fsp3) is 0.444. The van der Waals surface area contributed by atoms with Crippen molar-refractivity contribution in [3.63, 3.8) is 0 Å². The van der Waals surface area contributed by atoms with Gasteiger partial charge in [-0.05, 0) is 75.8 Å². The van der Waals surface area contributed by atoms with Crippen LogP contribution in [0.15, 0.2) is 53.4 Å². The lowest BCUT2D eigenvalue weighted by molar-refractivity contribution is -0.137. The predicted molar refractivity (Wildman–Crippen MR) is 148 cm³/mol. The predicted octanol–water partition coefficient (Wildman–Crippen LogP) is 4.08. The van der Waals surface area contributed by atoms with Crippen molar-refractivity contribution in [1.82, 2.24) is 14.1 Å². The number of thiocarbonyl (C=S) groups is 1. The average Bonchev–Trinajstić information content (AvgIpc) is 3.09. The number of hydrogen-bond donors (Lipinski definition) is 0. The summed E-state index contributed by atoms with van der Waals surface area (Å²) < 4.78 is 67.7. The van der Waals surface area contributed by atoms with Crippen molar-refractivity contribution < 1.29 is 26.4 Å². The lowest BCUT2D eigenvalue weighted by atomic mass is 10.0. The molecule has 214 valence electrons. The normalized spacial score (nSPS) is 18.8. The number of amides is 1. The van der Waals surface area contributed by atoms with Gasteiger partial charge in [0.05, 0.1) is 27.8 Å². The highest BCUT2D eigenvalue weighted by atomic mass is 32.2. The summed E-state index contributed by atoms with van der Waals surface area (Å²) >= 11 is 5.54. The molecule has 0 saturated carbocycles. The number of rotatable bonds is 8. The van der Waals surface area contributed by atoms with Crippen LogP contribution in [0.2, 0.25) is 0 Å². The van der Waals surface area contributed by atoms with Crippen LogP contribution in [0.4, 0.5) is 18.9 Å². The van der Waals surface area contributed by atoms with E-state index in [0.29, 0.717) is 39.1 Å². The Morgan fingerprint density at radius 2 is 1.62 bits per heavy atom. The Morgan fingerprint density at radius 3 is 2.23 bits per heavy atom. The topological polar surface area (TPSA) is 88.0 Å². The minimum Gasteiger partial charge on any atom is -0.334 e. The monoisotopic (exact) mass is 593 g/mol. The van der Waals surface area contributed by atoms with Crippen LogP contribution in [0.1, 0.15) is 37.8 Å². The molecule has 2 aliphatic heterocycles. The maximum atomic E-state index is 13.5. The third-order valence-electron chi connectivity index (χ3n) is 7.33. The summed E-state index contributed by atoms with van der Waals surface area (Å²) in [6, 6.07) is 13.0. The van der Waals surface area contributed by atoms with Crippen LogP contribution in [0.3, 0.4) is 0 Å². The zero-order valence-electron chi connectivity index (χ0n) is 22.2. The molecular formula is C27H30F3N5O3S2.